The molecule has 1 fully saturated rings. The average Bonchev–Trinajstić information content (AvgIpc) is 2.58. The molecule has 9 heteroatoms. The van der Waals surface area contributed by atoms with Gasteiger partial charge in [0.1, 0.15) is 15.7 Å². The van der Waals surface area contributed by atoms with Crippen LogP contribution < -0.4 is 10.2 Å². The van der Waals surface area contributed by atoms with E-state index < -0.39 is 9.84 Å². The van der Waals surface area contributed by atoms with E-state index >= 15 is 0 Å². The Balaban J connectivity index is 0.00000312. The Labute approximate surface area is 167 Å². The number of hydrogen-bond acceptors (Lipinski definition) is 5. The van der Waals surface area contributed by atoms with Gasteiger partial charge < -0.3 is 15.1 Å². The zero-order valence-electron chi connectivity index (χ0n) is 14.9. The normalized spacial score (nSPS) is 15.7. The number of anilines is 1. The highest BCUT2D eigenvalue weighted by Gasteiger charge is 2.20. The maximum atomic E-state index is 11.2. The molecule has 25 heavy (non-hydrogen) atoms. The van der Waals surface area contributed by atoms with Crippen LogP contribution >= 0.6 is 24.0 Å². The monoisotopic (exact) mass is 481 g/mol. The summed E-state index contributed by atoms with van der Waals surface area (Å²) in [5.41, 5.74) is 0. The van der Waals surface area contributed by atoms with Crippen LogP contribution in [-0.2, 0) is 9.84 Å². The van der Waals surface area contributed by atoms with E-state index in [1.807, 2.05) is 31.3 Å². The van der Waals surface area contributed by atoms with Crippen LogP contribution in [0.2, 0.25) is 0 Å². The Bertz CT molecular complexity index is 631. The number of rotatable bonds is 6. The summed E-state index contributed by atoms with van der Waals surface area (Å²) in [5, 5.41) is 3.30. The molecule has 0 aromatic carbocycles. The third-order valence-corrected chi connectivity index (χ3v) is 4.85. The maximum Gasteiger partial charge on any atom is 0.194 e. The van der Waals surface area contributed by atoms with Gasteiger partial charge in [0, 0.05) is 51.7 Å². The number of nitrogens with one attached hydrogen (secondary N) is 1. The first-order valence-electron chi connectivity index (χ1n) is 8.36. The summed E-state index contributed by atoms with van der Waals surface area (Å²) in [6.45, 7) is 6.88. The van der Waals surface area contributed by atoms with E-state index in [2.05, 4.69) is 25.1 Å². The van der Waals surface area contributed by atoms with Gasteiger partial charge in [0.05, 0.1) is 5.75 Å². The third kappa shape index (κ3) is 7.76. The molecular weight excluding hydrogens is 453 g/mol. The Morgan fingerprint density at radius 1 is 1.28 bits per heavy atom. The van der Waals surface area contributed by atoms with Crippen molar-refractivity contribution in [1.82, 2.24) is 15.2 Å². The summed E-state index contributed by atoms with van der Waals surface area (Å²) in [7, 11) is -2.91. The molecule has 0 radical (unpaired) electrons. The first-order valence-corrected chi connectivity index (χ1v) is 10.4. The van der Waals surface area contributed by atoms with Crippen molar-refractivity contribution in [1.29, 1.82) is 0 Å². The molecule has 2 rings (SSSR count). The molecule has 7 nitrogen and oxygen atoms in total. The maximum absolute atomic E-state index is 11.2. The van der Waals surface area contributed by atoms with E-state index in [-0.39, 0.29) is 29.7 Å². The van der Waals surface area contributed by atoms with E-state index in [1.54, 1.807) is 0 Å². The van der Waals surface area contributed by atoms with Gasteiger partial charge >= 0.3 is 0 Å². The molecule has 0 aliphatic carbocycles. The smallest absolute Gasteiger partial charge is 0.194 e. The summed E-state index contributed by atoms with van der Waals surface area (Å²) >= 11 is 0. The van der Waals surface area contributed by atoms with Crippen LogP contribution in [0.1, 0.15) is 13.3 Å². The van der Waals surface area contributed by atoms with Gasteiger partial charge in [-0.25, -0.2) is 13.4 Å². The Morgan fingerprint density at radius 3 is 2.56 bits per heavy atom. The minimum atomic E-state index is -2.91. The van der Waals surface area contributed by atoms with E-state index in [4.69, 9.17) is 0 Å². The fourth-order valence-electron chi connectivity index (χ4n) is 2.63. The SMILES string of the molecule is CCNC(=NCCCS(C)(=O)=O)N1CCN(c2ccccn2)CC1.I. The number of aliphatic imine (C=N–C) groups is 1. The zero-order chi connectivity index (χ0) is 17.4. The Hall–Kier alpha value is -1.10. The summed E-state index contributed by atoms with van der Waals surface area (Å²) in [4.78, 5) is 13.5. The van der Waals surface area contributed by atoms with Crippen molar-refractivity contribution in [3.8, 4) is 0 Å². The van der Waals surface area contributed by atoms with E-state index in [0.29, 0.717) is 13.0 Å². The van der Waals surface area contributed by atoms with Gasteiger partial charge in [0.2, 0.25) is 0 Å². The number of nitrogens with zero attached hydrogens (tertiary/aromatic N) is 4. The van der Waals surface area contributed by atoms with Crippen LogP contribution in [-0.4, -0.2) is 75.5 Å². The topological polar surface area (TPSA) is 77.9 Å². The number of hydrogen-bond donors (Lipinski definition) is 1. The van der Waals surface area contributed by atoms with Crippen molar-refractivity contribution >= 4 is 45.6 Å². The Kier molecular flexibility index (Phi) is 9.47. The molecule has 1 saturated heterocycles. The lowest BCUT2D eigenvalue weighted by Crippen LogP contribution is -2.52. The zero-order valence-corrected chi connectivity index (χ0v) is 18.0. The lowest BCUT2D eigenvalue weighted by atomic mass is 10.3. The average molecular weight is 481 g/mol. The van der Waals surface area contributed by atoms with Crippen LogP contribution in [0.25, 0.3) is 0 Å². The third-order valence-electron chi connectivity index (χ3n) is 3.82. The Morgan fingerprint density at radius 2 is 2.00 bits per heavy atom. The molecule has 1 aliphatic rings. The standard InChI is InChI=1S/C16H27N5O2S.HI/c1-3-17-16(19-9-6-14-24(2,22)23)21-12-10-20(11-13-21)15-7-4-5-8-18-15;/h4-5,7-8H,3,6,9-14H2,1-2H3,(H,17,19);1H. The summed E-state index contributed by atoms with van der Waals surface area (Å²) in [6.07, 6.45) is 3.63. The quantitative estimate of drug-likeness (QED) is 0.285. The summed E-state index contributed by atoms with van der Waals surface area (Å²) in [6, 6.07) is 5.95. The van der Waals surface area contributed by atoms with Gasteiger partial charge in [-0.3, -0.25) is 4.99 Å². The van der Waals surface area contributed by atoms with Crippen molar-refractivity contribution in [2.75, 3.05) is 56.2 Å². The van der Waals surface area contributed by atoms with Crippen molar-refractivity contribution in [3.05, 3.63) is 24.4 Å². The highest BCUT2D eigenvalue weighted by Crippen LogP contribution is 2.12. The van der Waals surface area contributed by atoms with Crippen LogP contribution in [0.3, 0.4) is 0 Å². The van der Waals surface area contributed by atoms with Crippen LogP contribution in [0, 0.1) is 0 Å². The van der Waals surface area contributed by atoms with Gasteiger partial charge in [0.15, 0.2) is 5.96 Å². The summed E-state index contributed by atoms with van der Waals surface area (Å²) in [5.74, 6) is 2.06. The lowest BCUT2D eigenvalue weighted by Gasteiger charge is -2.37. The van der Waals surface area contributed by atoms with Crippen LogP contribution in [0.15, 0.2) is 29.4 Å². The number of pyridine rings is 1. The fourth-order valence-corrected chi connectivity index (χ4v) is 3.28. The van der Waals surface area contributed by atoms with Crippen molar-refractivity contribution in [2.45, 2.75) is 13.3 Å². The molecule has 1 aromatic rings. The second-order valence-electron chi connectivity index (χ2n) is 5.88. The summed E-state index contributed by atoms with van der Waals surface area (Å²) < 4.78 is 22.4. The van der Waals surface area contributed by atoms with Crippen LogP contribution in [0.5, 0.6) is 0 Å². The van der Waals surface area contributed by atoms with Gasteiger partial charge in [-0.1, -0.05) is 6.07 Å². The molecular formula is C16H28IN5O2S. The molecule has 0 spiro atoms. The minimum absolute atomic E-state index is 0. The predicted molar refractivity (Wildman–Crippen MR) is 114 cm³/mol. The number of aromatic nitrogens is 1. The molecule has 1 aromatic heterocycles. The second kappa shape index (κ2) is 10.8. The van der Waals surface area contributed by atoms with Crippen molar-refractivity contribution < 1.29 is 8.42 Å². The molecule has 0 saturated carbocycles. The first-order chi connectivity index (χ1) is 11.5. The highest BCUT2D eigenvalue weighted by atomic mass is 127. The number of piperazine rings is 1. The van der Waals surface area contributed by atoms with Gasteiger partial charge in [-0.2, -0.15) is 0 Å². The molecule has 1 aliphatic heterocycles. The molecule has 142 valence electrons. The van der Waals surface area contributed by atoms with Crippen molar-refractivity contribution in [3.63, 3.8) is 0 Å². The minimum Gasteiger partial charge on any atom is -0.357 e. The number of sulfone groups is 1. The number of guanidine groups is 1. The molecule has 1 N–H and O–H groups in total. The molecule has 0 atom stereocenters. The fraction of sp³-hybridized carbons (Fsp3) is 0.625. The van der Waals surface area contributed by atoms with Crippen molar-refractivity contribution in [2.24, 2.45) is 4.99 Å². The highest BCUT2D eigenvalue weighted by molar-refractivity contribution is 14.0. The molecule has 0 amide bonds. The second-order valence-corrected chi connectivity index (χ2v) is 8.14. The molecule has 2 heterocycles. The molecule has 0 unspecified atom stereocenters. The van der Waals surface area contributed by atoms with Gasteiger partial charge in [0.25, 0.3) is 0 Å². The van der Waals surface area contributed by atoms with E-state index in [1.165, 1.54) is 6.26 Å². The number of halogens is 1. The lowest BCUT2D eigenvalue weighted by molar-refractivity contribution is 0.371. The van der Waals surface area contributed by atoms with Gasteiger partial charge in [-0.05, 0) is 25.5 Å². The predicted octanol–water partition coefficient (Wildman–Crippen LogP) is 1.22. The van der Waals surface area contributed by atoms with Gasteiger partial charge in [-0.15, -0.1) is 24.0 Å². The first kappa shape index (κ1) is 21.9. The van der Waals surface area contributed by atoms with E-state index in [9.17, 15) is 8.42 Å². The van der Waals surface area contributed by atoms with Crippen LogP contribution in [0.4, 0.5) is 5.82 Å². The molecule has 0 bridgehead atoms. The van der Waals surface area contributed by atoms with E-state index in [0.717, 1.165) is 44.5 Å². The largest absolute Gasteiger partial charge is 0.357 e.